The lowest BCUT2D eigenvalue weighted by Crippen LogP contribution is -2.40. The van der Waals surface area contributed by atoms with E-state index in [2.05, 4.69) is 0 Å². The van der Waals surface area contributed by atoms with Crippen LogP contribution in [0.4, 0.5) is 5.69 Å². The second-order valence-corrected chi connectivity index (χ2v) is 11.4. The molecule has 244 valence electrons. The fourth-order valence-electron chi connectivity index (χ4n) is 5.48. The average molecular weight is 668 g/mol. The number of nitro groups is 1. The van der Waals surface area contributed by atoms with E-state index in [0.29, 0.717) is 54.7 Å². The Bertz CT molecular complexity index is 2250. The van der Waals surface area contributed by atoms with Gasteiger partial charge in [-0.1, -0.05) is 47.7 Å². The van der Waals surface area contributed by atoms with Crippen molar-refractivity contribution in [1.29, 1.82) is 0 Å². The van der Waals surface area contributed by atoms with Crippen molar-refractivity contribution in [2.75, 3.05) is 27.9 Å². The second kappa shape index (κ2) is 13.4. The van der Waals surface area contributed by atoms with Gasteiger partial charge in [0, 0.05) is 17.7 Å². The van der Waals surface area contributed by atoms with Crippen molar-refractivity contribution in [3.05, 3.63) is 131 Å². The summed E-state index contributed by atoms with van der Waals surface area (Å²) >= 11 is 1.14. The lowest BCUT2D eigenvalue weighted by Gasteiger charge is -2.26. The van der Waals surface area contributed by atoms with E-state index in [-0.39, 0.29) is 23.6 Å². The molecule has 48 heavy (non-hydrogen) atoms. The van der Waals surface area contributed by atoms with Gasteiger partial charge in [-0.3, -0.25) is 19.5 Å². The Morgan fingerprint density at radius 1 is 0.979 bits per heavy atom. The van der Waals surface area contributed by atoms with E-state index in [1.54, 1.807) is 49.4 Å². The van der Waals surface area contributed by atoms with Crippen LogP contribution in [-0.4, -0.2) is 43.4 Å². The Labute approximate surface area is 277 Å². The van der Waals surface area contributed by atoms with Crippen LogP contribution in [0.2, 0.25) is 0 Å². The number of hydrogen-bond acceptors (Lipinski definition) is 11. The molecule has 0 bridgehead atoms. The topological polar surface area (TPSA) is 145 Å². The number of thiazole rings is 1. The van der Waals surface area contributed by atoms with Gasteiger partial charge in [0.25, 0.3) is 11.2 Å². The number of nitro benzene ring substituents is 1. The van der Waals surface area contributed by atoms with Crippen molar-refractivity contribution < 1.29 is 33.1 Å². The smallest absolute Gasteiger partial charge is 0.338 e. The summed E-state index contributed by atoms with van der Waals surface area (Å²) in [6.45, 7) is 1.83. The van der Waals surface area contributed by atoms with E-state index in [9.17, 15) is 19.7 Å². The maximum absolute atomic E-state index is 14.3. The molecule has 0 fully saturated rings. The lowest BCUT2D eigenvalue weighted by atomic mass is 9.93. The summed E-state index contributed by atoms with van der Waals surface area (Å²) in [4.78, 5) is 43.9. The number of furan rings is 1. The molecule has 3 aromatic carbocycles. The first-order valence-electron chi connectivity index (χ1n) is 14.7. The van der Waals surface area contributed by atoms with Gasteiger partial charge in [-0.25, -0.2) is 9.79 Å². The molecule has 0 radical (unpaired) electrons. The Balaban J connectivity index is 1.55. The monoisotopic (exact) mass is 667 g/mol. The van der Waals surface area contributed by atoms with Gasteiger partial charge >= 0.3 is 5.97 Å². The van der Waals surface area contributed by atoms with Crippen LogP contribution >= 0.6 is 11.3 Å². The maximum Gasteiger partial charge on any atom is 0.338 e. The summed E-state index contributed by atoms with van der Waals surface area (Å²) in [6.07, 6.45) is 1.59. The van der Waals surface area contributed by atoms with Crippen molar-refractivity contribution in [3.63, 3.8) is 0 Å². The molecule has 5 aromatic rings. The fourth-order valence-corrected chi connectivity index (χ4v) is 6.46. The highest BCUT2D eigenvalue weighted by Crippen LogP contribution is 2.39. The number of nitrogens with zero attached hydrogens (tertiary/aromatic N) is 3. The number of fused-ring (bicyclic) bond motifs is 1. The molecule has 1 aliphatic rings. The van der Waals surface area contributed by atoms with Gasteiger partial charge in [-0.15, -0.1) is 0 Å². The third kappa shape index (κ3) is 5.86. The third-order valence-electron chi connectivity index (χ3n) is 7.66. The largest absolute Gasteiger partial charge is 0.496 e. The first-order valence-corrected chi connectivity index (χ1v) is 15.5. The summed E-state index contributed by atoms with van der Waals surface area (Å²) in [5.41, 5.74) is 1.81. The Hall–Kier alpha value is -5.95. The zero-order valence-electron chi connectivity index (χ0n) is 26.3. The highest BCUT2D eigenvalue weighted by Gasteiger charge is 2.35. The molecule has 0 saturated heterocycles. The number of esters is 1. The van der Waals surface area contributed by atoms with E-state index in [1.807, 2.05) is 30.3 Å². The summed E-state index contributed by atoms with van der Waals surface area (Å²) in [5.74, 6) is 1.30. The molecular weight excluding hydrogens is 638 g/mol. The first kappa shape index (κ1) is 32.0. The Morgan fingerprint density at radius 3 is 2.42 bits per heavy atom. The molecule has 12 nitrogen and oxygen atoms in total. The average Bonchev–Trinajstić information content (AvgIpc) is 3.70. The minimum absolute atomic E-state index is 0.119. The lowest BCUT2D eigenvalue weighted by molar-refractivity contribution is -0.384. The molecule has 1 atom stereocenters. The molecule has 0 amide bonds. The summed E-state index contributed by atoms with van der Waals surface area (Å²) in [6, 6.07) is 21.1. The van der Waals surface area contributed by atoms with E-state index < -0.39 is 22.5 Å². The zero-order valence-corrected chi connectivity index (χ0v) is 27.1. The zero-order chi connectivity index (χ0) is 33.9. The number of non-ortho nitro benzene ring substituents is 1. The molecule has 0 saturated carbocycles. The molecule has 0 N–H and O–H groups in total. The normalized spacial score (nSPS) is 14.2. The Kier molecular flexibility index (Phi) is 8.95. The molecule has 1 aliphatic heterocycles. The van der Waals surface area contributed by atoms with Gasteiger partial charge in [0.2, 0.25) is 0 Å². The minimum Gasteiger partial charge on any atom is -0.496 e. The number of benzene rings is 3. The van der Waals surface area contributed by atoms with Crippen molar-refractivity contribution in [3.8, 4) is 28.6 Å². The molecule has 0 aliphatic carbocycles. The fraction of sp³-hybridized carbons (Fsp3) is 0.171. The van der Waals surface area contributed by atoms with Crippen molar-refractivity contribution >= 4 is 34.8 Å². The number of aromatic nitrogens is 1. The minimum atomic E-state index is -0.922. The number of ether oxygens (including phenoxy) is 4. The number of carbonyl (C=O) groups is 1. The van der Waals surface area contributed by atoms with Gasteiger partial charge in [0.1, 0.15) is 17.3 Å². The standard InChI is InChI=1S/C35H29N3O9S/c1-5-46-34(40)30-31(20-9-7-6-8-10-20)36-35-37(32(30)21-11-15-26(43-2)28(17-21)45-4)33(39)29(48-35)19-23-13-16-25(47-23)24-14-12-22(38(41)42)18-27(24)44-3/h6-19,32H,5H2,1-4H3/b29-19-/t32-/m0/s1. The van der Waals surface area contributed by atoms with Crippen LogP contribution in [0, 0.1) is 10.1 Å². The quantitative estimate of drug-likeness (QED) is 0.112. The van der Waals surface area contributed by atoms with Crippen LogP contribution in [-0.2, 0) is 9.53 Å². The van der Waals surface area contributed by atoms with E-state index in [4.69, 9.17) is 28.4 Å². The molecule has 2 aromatic heterocycles. The predicted molar refractivity (Wildman–Crippen MR) is 178 cm³/mol. The Morgan fingerprint density at radius 2 is 1.73 bits per heavy atom. The summed E-state index contributed by atoms with van der Waals surface area (Å²) in [7, 11) is 4.44. The van der Waals surface area contributed by atoms with Crippen LogP contribution < -0.4 is 29.1 Å². The van der Waals surface area contributed by atoms with E-state index in [0.717, 1.165) is 11.3 Å². The van der Waals surface area contributed by atoms with Crippen LogP contribution in [0.15, 0.2) is 98.6 Å². The van der Waals surface area contributed by atoms with Crippen molar-refractivity contribution in [2.45, 2.75) is 13.0 Å². The number of rotatable bonds is 10. The highest BCUT2D eigenvalue weighted by molar-refractivity contribution is 7.07. The molecule has 0 unspecified atom stereocenters. The third-order valence-corrected chi connectivity index (χ3v) is 8.64. The van der Waals surface area contributed by atoms with Gasteiger partial charge in [-0.05, 0) is 42.8 Å². The SMILES string of the molecule is CCOC(=O)C1=C(c2ccccc2)N=c2s/c(=C\c3ccc(-c4ccc([N+](=O)[O-])cc4OC)o3)c(=O)n2[C@H]1c1ccc(OC)c(OC)c1. The molecule has 3 heterocycles. The van der Waals surface area contributed by atoms with Crippen molar-refractivity contribution in [1.82, 2.24) is 4.57 Å². The van der Waals surface area contributed by atoms with E-state index in [1.165, 1.54) is 38.0 Å². The van der Waals surface area contributed by atoms with Crippen LogP contribution in [0.1, 0.15) is 29.9 Å². The number of hydrogen-bond donors (Lipinski definition) is 0. The van der Waals surface area contributed by atoms with Crippen LogP contribution in [0.25, 0.3) is 23.1 Å². The van der Waals surface area contributed by atoms with Crippen LogP contribution in [0.3, 0.4) is 0 Å². The molecule has 0 spiro atoms. The molecular formula is C35H29N3O9S. The van der Waals surface area contributed by atoms with Crippen LogP contribution in [0.5, 0.6) is 17.2 Å². The van der Waals surface area contributed by atoms with Gasteiger partial charge < -0.3 is 23.4 Å². The molecule has 13 heteroatoms. The molecule has 6 rings (SSSR count). The first-order chi connectivity index (χ1) is 23.3. The summed E-state index contributed by atoms with van der Waals surface area (Å²) in [5, 5.41) is 11.2. The summed E-state index contributed by atoms with van der Waals surface area (Å²) < 4.78 is 29.8. The second-order valence-electron chi connectivity index (χ2n) is 10.4. The van der Waals surface area contributed by atoms with Gasteiger partial charge in [0.15, 0.2) is 16.3 Å². The van der Waals surface area contributed by atoms with Gasteiger partial charge in [-0.2, -0.15) is 0 Å². The number of methoxy groups -OCH3 is 3. The predicted octanol–water partition coefficient (Wildman–Crippen LogP) is 5.13. The van der Waals surface area contributed by atoms with Crippen molar-refractivity contribution in [2.24, 2.45) is 4.99 Å². The highest BCUT2D eigenvalue weighted by atomic mass is 32.1. The maximum atomic E-state index is 14.3. The van der Waals surface area contributed by atoms with Gasteiger partial charge in [0.05, 0.1) is 66.3 Å². The number of carbonyl (C=O) groups excluding carboxylic acids is 1. The van der Waals surface area contributed by atoms with E-state index >= 15 is 0 Å².